The minimum absolute atomic E-state index is 0.0901. The van der Waals surface area contributed by atoms with Crippen molar-refractivity contribution in [2.45, 2.75) is 32.0 Å². The fourth-order valence-corrected chi connectivity index (χ4v) is 4.22. The van der Waals surface area contributed by atoms with Gasteiger partial charge in [0.2, 0.25) is 10.0 Å². The molecule has 0 fully saturated rings. The molecule has 0 aliphatic carbocycles. The van der Waals surface area contributed by atoms with Gasteiger partial charge in [0.25, 0.3) is 0 Å². The number of hydrogen-bond donors (Lipinski definition) is 1. The van der Waals surface area contributed by atoms with Crippen molar-refractivity contribution < 1.29 is 31.9 Å². The maximum absolute atomic E-state index is 12.3. The lowest BCUT2D eigenvalue weighted by Crippen LogP contribution is -2.31. The van der Waals surface area contributed by atoms with E-state index in [1.54, 1.807) is 12.1 Å². The molecule has 0 amide bonds. The summed E-state index contributed by atoms with van der Waals surface area (Å²) in [6, 6.07) is 3.33. The van der Waals surface area contributed by atoms with Crippen molar-refractivity contribution in [1.82, 2.24) is 9.88 Å². The largest absolute Gasteiger partial charge is 0.467 e. The first kappa shape index (κ1) is 19.6. The number of ether oxygens (including phenoxy) is 3. The van der Waals surface area contributed by atoms with Crippen molar-refractivity contribution in [2.75, 3.05) is 13.3 Å². The molecule has 0 spiro atoms. The van der Waals surface area contributed by atoms with Gasteiger partial charge >= 0.3 is 5.97 Å². The van der Waals surface area contributed by atoms with E-state index in [9.17, 15) is 13.2 Å². The fraction of sp³-hybridized carbons (Fsp3) is 0.375. The van der Waals surface area contributed by atoms with E-state index in [2.05, 4.69) is 9.88 Å². The van der Waals surface area contributed by atoms with Gasteiger partial charge in [0.1, 0.15) is 29.5 Å². The number of esters is 1. The topological polar surface area (TPSA) is 117 Å². The minimum Gasteiger partial charge on any atom is -0.467 e. The van der Waals surface area contributed by atoms with Crippen molar-refractivity contribution in [1.29, 1.82) is 0 Å². The summed E-state index contributed by atoms with van der Waals surface area (Å²) in [7, 11) is -3.95. The maximum Gasteiger partial charge on any atom is 0.321 e. The number of rotatable bonds is 6. The minimum atomic E-state index is -3.95. The number of aryl methyl sites for hydroxylation is 2. The van der Waals surface area contributed by atoms with Gasteiger partial charge in [-0.1, -0.05) is 16.8 Å². The molecule has 11 heteroatoms. The van der Waals surface area contributed by atoms with Crippen LogP contribution in [0.15, 0.2) is 21.6 Å². The Kier molecular flexibility index (Phi) is 5.70. The zero-order valence-corrected chi connectivity index (χ0v) is 16.1. The molecule has 0 radical (unpaired) electrons. The number of aromatic nitrogens is 1. The normalized spacial score (nSPS) is 13.7. The van der Waals surface area contributed by atoms with Crippen LogP contribution in [0.4, 0.5) is 0 Å². The molecule has 0 atom stereocenters. The van der Waals surface area contributed by atoms with Gasteiger partial charge in [0, 0.05) is 16.1 Å². The van der Waals surface area contributed by atoms with E-state index in [1.165, 1.54) is 13.8 Å². The number of carbonyl (C=O) groups excluding carboxylic acids is 1. The molecule has 146 valence electrons. The average Bonchev–Trinajstić information content (AvgIpc) is 2.97. The SMILES string of the molecule is Cc1noc(C)c1S(=O)(=O)NCC(=O)OCc1cc(Cl)cc2c1OCOC2. The third-order valence-electron chi connectivity index (χ3n) is 3.78. The predicted octanol–water partition coefficient (Wildman–Crippen LogP) is 1.83. The van der Waals surface area contributed by atoms with Crippen LogP contribution in [0.2, 0.25) is 5.02 Å². The number of nitrogens with zero attached hydrogens (tertiary/aromatic N) is 1. The third kappa shape index (κ3) is 4.41. The van der Waals surface area contributed by atoms with Crippen LogP contribution in [-0.2, 0) is 37.5 Å². The highest BCUT2D eigenvalue weighted by atomic mass is 35.5. The number of carbonyl (C=O) groups is 1. The number of halogens is 1. The van der Waals surface area contributed by atoms with Crippen LogP contribution in [0.1, 0.15) is 22.6 Å². The Bertz CT molecular complexity index is 952. The number of hydrogen-bond acceptors (Lipinski definition) is 8. The second-order valence-corrected chi connectivity index (χ2v) is 7.94. The molecule has 9 nitrogen and oxygen atoms in total. The molecule has 27 heavy (non-hydrogen) atoms. The predicted molar refractivity (Wildman–Crippen MR) is 92.7 cm³/mol. The van der Waals surface area contributed by atoms with Crippen molar-refractivity contribution in [3.8, 4) is 5.75 Å². The standard InChI is InChI=1S/C16H17ClN2O7S/c1-9-16(10(2)26-19-9)27(21,22)18-5-14(20)24-7-12-4-13(17)3-11-6-23-8-25-15(11)12/h3-4,18H,5-8H2,1-2H3. The molecule has 0 saturated heterocycles. The lowest BCUT2D eigenvalue weighted by Gasteiger charge is -2.21. The third-order valence-corrected chi connectivity index (χ3v) is 5.65. The van der Waals surface area contributed by atoms with Crippen molar-refractivity contribution in [3.63, 3.8) is 0 Å². The Morgan fingerprint density at radius 1 is 1.37 bits per heavy atom. The van der Waals surface area contributed by atoms with Crippen molar-refractivity contribution in [2.24, 2.45) is 0 Å². The van der Waals surface area contributed by atoms with E-state index >= 15 is 0 Å². The first-order valence-corrected chi connectivity index (χ1v) is 9.74. The summed E-state index contributed by atoms with van der Waals surface area (Å²) < 4.78 is 47.3. The van der Waals surface area contributed by atoms with Crippen LogP contribution < -0.4 is 9.46 Å². The van der Waals surface area contributed by atoms with Crippen LogP contribution in [0.3, 0.4) is 0 Å². The summed E-state index contributed by atoms with van der Waals surface area (Å²) in [6.45, 7) is 2.74. The summed E-state index contributed by atoms with van der Waals surface area (Å²) in [4.78, 5) is 11.9. The Hall–Kier alpha value is -2.14. The summed E-state index contributed by atoms with van der Waals surface area (Å²) >= 11 is 6.05. The molecular weight excluding hydrogens is 400 g/mol. The number of benzene rings is 1. The van der Waals surface area contributed by atoms with Crippen LogP contribution >= 0.6 is 11.6 Å². The van der Waals surface area contributed by atoms with Crippen LogP contribution in [0, 0.1) is 13.8 Å². The van der Waals surface area contributed by atoms with Crippen molar-refractivity contribution in [3.05, 3.63) is 39.7 Å². The highest BCUT2D eigenvalue weighted by Crippen LogP contribution is 2.32. The van der Waals surface area contributed by atoms with E-state index in [0.717, 1.165) is 5.56 Å². The lowest BCUT2D eigenvalue weighted by molar-refractivity contribution is -0.143. The van der Waals surface area contributed by atoms with Gasteiger partial charge in [-0.2, -0.15) is 4.72 Å². The zero-order valence-electron chi connectivity index (χ0n) is 14.6. The lowest BCUT2D eigenvalue weighted by atomic mass is 10.1. The van der Waals surface area contributed by atoms with Gasteiger partial charge in [-0.15, -0.1) is 0 Å². The number of nitrogens with one attached hydrogen (secondary N) is 1. The summed E-state index contributed by atoms with van der Waals surface area (Å²) in [6.07, 6.45) is 0. The van der Waals surface area contributed by atoms with E-state index in [-0.39, 0.29) is 29.7 Å². The van der Waals surface area contributed by atoms with Crippen LogP contribution in [-0.4, -0.2) is 32.9 Å². The van der Waals surface area contributed by atoms with Gasteiger partial charge in [-0.3, -0.25) is 4.79 Å². The first-order chi connectivity index (χ1) is 12.8. The molecule has 2 aromatic rings. The molecule has 0 unspecified atom stereocenters. The Morgan fingerprint density at radius 2 is 2.15 bits per heavy atom. The average molecular weight is 417 g/mol. The molecule has 1 aliphatic rings. The van der Waals surface area contributed by atoms with E-state index in [1.807, 2.05) is 0 Å². The van der Waals surface area contributed by atoms with Gasteiger partial charge in [0.15, 0.2) is 12.6 Å². The second kappa shape index (κ2) is 7.85. The monoisotopic (exact) mass is 416 g/mol. The number of fused-ring (bicyclic) bond motifs is 1. The summed E-state index contributed by atoms with van der Waals surface area (Å²) in [5.41, 5.74) is 1.53. The van der Waals surface area contributed by atoms with Gasteiger partial charge < -0.3 is 18.7 Å². The van der Waals surface area contributed by atoms with E-state index in [4.69, 9.17) is 30.3 Å². The molecule has 1 aromatic carbocycles. The van der Waals surface area contributed by atoms with Crippen LogP contribution in [0.25, 0.3) is 0 Å². The zero-order chi connectivity index (χ0) is 19.6. The van der Waals surface area contributed by atoms with Gasteiger partial charge in [-0.25, -0.2) is 8.42 Å². The first-order valence-electron chi connectivity index (χ1n) is 7.88. The second-order valence-electron chi connectivity index (χ2n) is 5.80. The summed E-state index contributed by atoms with van der Waals surface area (Å²) in [5.74, 6) is -0.0702. The van der Waals surface area contributed by atoms with Gasteiger partial charge in [-0.05, 0) is 26.0 Å². The van der Waals surface area contributed by atoms with Crippen molar-refractivity contribution >= 4 is 27.6 Å². The highest BCUT2D eigenvalue weighted by Gasteiger charge is 2.25. The fourth-order valence-electron chi connectivity index (χ4n) is 2.66. The molecule has 0 saturated carbocycles. The van der Waals surface area contributed by atoms with Crippen LogP contribution in [0.5, 0.6) is 5.75 Å². The molecule has 1 aromatic heterocycles. The quantitative estimate of drug-likeness (QED) is 0.709. The molecule has 1 aliphatic heterocycles. The molecule has 2 heterocycles. The smallest absolute Gasteiger partial charge is 0.321 e. The molecule has 0 bridgehead atoms. The van der Waals surface area contributed by atoms with E-state index in [0.29, 0.717) is 22.9 Å². The van der Waals surface area contributed by atoms with Gasteiger partial charge in [0.05, 0.1) is 6.61 Å². The van der Waals surface area contributed by atoms with E-state index < -0.39 is 22.5 Å². The maximum atomic E-state index is 12.3. The molecule has 1 N–H and O–H groups in total. The number of sulfonamides is 1. The Balaban J connectivity index is 1.62. The Labute approximate surface area is 160 Å². The molecular formula is C16H17ClN2O7S. The summed E-state index contributed by atoms with van der Waals surface area (Å²) in [5, 5.41) is 4.04. The highest BCUT2D eigenvalue weighted by molar-refractivity contribution is 7.89. The molecule has 3 rings (SSSR count). The Morgan fingerprint density at radius 3 is 2.85 bits per heavy atom.